The summed E-state index contributed by atoms with van der Waals surface area (Å²) in [6, 6.07) is 8.10. The van der Waals surface area contributed by atoms with Crippen molar-refractivity contribution in [1.29, 1.82) is 0 Å². The maximum atomic E-state index is 12.6. The maximum absolute atomic E-state index is 12.6. The number of carbonyl (C=O) groups excluding carboxylic acids is 1. The summed E-state index contributed by atoms with van der Waals surface area (Å²) in [6.07, 6.45) is 1.27. The Balaban J connectivity index is 1.72. The molecular formula is C16H16Cl2N2O3S2. The first-order valence-corrected chi connectivity index (χ1v) is 10.7. The van der Waals surface area contributed by atoms with Gasteiger partial charge in [0.25, 0.3) is 10.0 Å². The summed E-state index contributed by atoms with van der Waals surface area (Å²) < 4.78 is 27.0. The number of anilines is 1. The number of sulfonamides is 1. The number of nitrogens with one attached hydrogen (secondary N) is 1. The predicted molar refractivity (Wildman–Crippen MR) is 101 cm³/mol. The highest BCUT2D eigenvalue weighted by atomic mass is 35.5. The normalized spacial score (nSPS) is 18.9. The fourth-order valence-corrected chi connectivity index (χ4v) is 5.86. The smallest absolute Gasteiger partial charge is 0.252 e. The number of rotatable bonds is 4. The number of halogens is 2. The van der Waals surface area contributed by atoms with Crippen molar-refractivity contribution >= 4 is 56.2 Å². The van der Waals surface area contributed by atoms with E-state index in [0.717, 1.165) is 0 Å². The number of hydrogen-bond acceptors (Lipinski definition) is 4. The van der Waals surface area contributed by atoms with Crippen LogP contribution < -0.4 is 5.32 Å². The first-order chi connectivity index (χ1) is 11.9. The van der Waals surface area contributed by atoms with Crippen LogP contribution in [0.5, 0.6) is 0 Å². The van der Waals surface area contributed by atoms with Crippen LogP contribution in [0.2, 0.25) is 10.0 Å². The Kier molecular flexibility index (Phi) is 5.70. The molecule has 3 rings (SSSR count). The van der Waals surface area contributed by atoms with Crippen molar-refractivity contribution in [3.63, 3.8) is 0 Å². The second-order valence-corrected chi connectivity index (χ2v) is 9.70. The van der Waals surface area contributed by atoms with E-state index in [2.05, 4.69) is 5.32 Å². The van der Waals surface area contributed by atoms with Gasteiger partial charge in [0.05, 0.1) is 16.6 Å². The minimum atomic E-state index is -3.54. The fraction of sp³-hybridized carbons (Fsp3) is 0.312. The van der Waals surface area contributed by atoms with E-state index < -0.39 is 15.9 Å². The number of hydrogen-bond donors (Lipinski definition) is 1. The van der Waals surface area contributed by atoms with Gasteiger partial charge < -0.3 is 5.32 Å². The highest BCUT2D eigenvalue weighted by Gasteiger charge is 2.33. The van der Waals surface area contributed by atoms with Crippen LogP contribution in [0.4, 0.5) is 5.69 Å². The number of thiophene rings is 1. The Labute approximate surface area is 160 Å². The standard InChI is InChI=1S/C16H16Cl2N2O3S2/c17-12-5-6-14(13(18)9-12)19-16(21)11-3-1-7-20(10-11)25(22,23)15-4-2-8-24-15/h2,4-6,8-9,11H,1,3,7,10H2,(H,19,21)/t11-/m0/s1. The SMILES string of the molecule is O=C(Nc1ccc(Cl)cc1Cl)[C@H]1CCCN(S(=O)(=O)c2cccs2)C1. The molecule has 1 aliphatic heterocycles. The zero-order chi connectivity index (χ0) is 18.0. The largest absolute Gasteiger partial charge is 0.324 e. The quantitative estimate of drug-likeness (QED) is 0.812. The van der Waals surface area contributed by atoms with Gasteiger partial charge in [-0.2, -0.15) is 4.31 Å². The Hall–Kier alpha value is -1.12. The Bertz CT molecular complexity index is 870. The van der Waals surface area contributed by atoms with Crippen LogP contribution in [0.25, 0.3) is 0 Å². The van der Waals surface area contributed by atoms with E-state index in [9.17, 15) is 13.2 Å². The fourth-order valence-electron chi connectivity index (χ4n) is 2.74. The molecule has 9 heteroatoms. The molecule has 0 unspecified atom stereocenters. The maximum Gasteiger partial charge on any atom is 0.252 e. The average molecular weight is 419 g/mol. The summed E-state index contributed by atoms with van der Waals surface area (Å²) >= 11 is 13.1. The summed E-state index contributed by atoms with van der Waals surface area (Å²) in [5, 5.41) is 5.32. The third-order valence-electron chi connectivity index (χ3n) is 4.03. The average Bonchev–Trinajstić information content (AvgIpc) is 3.13. The zero-order valence-electron chi connectivity index (χ0n) is 13.1. The van der Waals surface area contributed by atoms with Crippen molar-refractivity contribution in [1.82, 2.24) is 4.31 Å². The van der Waals surface area contributed by atoms with E-state index in [1.807, 2.05) is 0 Å². The molecule has 1 atom stereocenters. The highest BCUT2D eigenvalue weighted by molar-refractivity contribution is 7.91. The molecule has 1 amide bonds. The van der Waals surface area contributed by atoms with E-state index >= 15 is 0 Å². The van der Waals surface area contributed by atoms with Crippen molar-refractivity contribution in [2.24, 2.45) is 5.92 Å². The molecule has 0 aliphatic carbocycles. The van der Waals surface area contributed by atoms with Crippen molar-refractivity contribution in [2.75, 3.05) is 18.4 Å². The lowest BCUT2D eigenvalue weighted by atomic mass is 9.99. The van der Waals surface area contributed by atoms with Gasteiger partial charge in [-0.25, -0.2) is 8.42 Å². The van der Waals surface area contributed by atoms with Gasteiger partial charge in [-0.1, -0.05) is 29.3 Å². The Morgan fingerprint density at radius 3 is 2.76 bits per heavy atom. The molecule has 1 saturated heterocycles. The summed E-state index contributed by atoms with van der Waals surface area (Å²) in [5.74, 6) is -0.662. The van der Waals surface area contributed by atoms with Crippen LogP contribution in [0, 0.1) is 5.92 Å². The lowest BCUT2D eigenvalue weighted by molar-refractivity contribution is -0.120. The summed E-state index contributed by atoms with van der Waals surface area (Å²) in [4.78, 5) is 12.5. The molecule has 1 aromatic heterocycles. The zero-order valence-corrected chi connectivity index (χ0v) is 16.3. The first-order valence-electron chi connectivity index (χ1n) is 7.67. The van der Waals surface area contributed by atoms with E-state index in [4.69, 9.17) is 23.2 Å². The van der Waals surface area contributed by atoms with Crippen molar-refractivity contribution in [2.45, 2.75) is 17.1 Å². The lowest BCUT2D eigenvalue weighted by Gasteiger charge is -2.30. The van der Waals surface area contributed by atoms with Crippen molar-refractivity contribution in [3.8, 4) is 0 Å². The number of nitrogens with zero attached hydrogens (tertiary/aromatic N) is 1. The third kappa shape index (κ3) is 4.17. The second kappa shape index (κ2) is 7.63. The van der Waals surface area contributed by atoms with Crippen LogP contribution in [0.3, 0.4) is 0 Å². The molecule has 0 radical (unpaired) electrons. The molecule has 2 heterocycles. The van der Waals surface area contributed by atoms with E-state index in [-0.39, 0.29) is 12.5 Å². The molecule has 1 aliphatic rings. The summed E-state index contributed by atoms with van der Waals surface area (Å²) in [7, 11) is -3.54. The monoisotopic (exact) mass is 418 g/mol. The van der Waals surface area contributed by atoms with Crippen LogP contribution >= 0.6 is 34.5 Å². The molecular weight excluding hydrogens is 403 g/mol. The topological polar surface area (TPSA) is 66.5 Å². The molecule has 0 bridgehead atoms. The molecule has 5 nitrogen and oxygen atoms in total. The van der Waals surface area contributed by atoms with Gasteiger partial charge in [-0.15, -0.1) is 11.3 Å². The number of amides is 1. The van der Waals surface area contributed by atoms with Crippen molar-refractivity contribution in [3.05, 3.63) is 45.8 Å². The van der Waals surface area contributed by atoms with E-state index in [1.54, 1.807) is 35.7 Å². The van der Waals surface area contributed by atoms with Gasteiger partial charge in [0.1, 0.15) is 4.21 Å². The Morgan fingerprint density at radius 1 is 1.28 bits per heavy atom. The summed E-state index contributed by atoms with van der Waals surface area (Å²) in [6.45, 7) is 0.586. The predicted octanol–water partition coefficient (Wildman–Crippen LogP) is 4.09. The van der Waals surface area contributed by atoms with Gasteiger partial charge in [0, 0.05) is 18.1 Å². The number of carbonyl (C=O) groups is 1. The summed E-state index contributed by atoms with van der Waals surface area (Å²) in [5.41, 5.74) is 0.467. The minimum absolute atomic E-state index is 0.164. The van der Waals surface area contributed by atoms with Crippen LogP contribution in [-0.2, 0) is 14.8 Å². The second-order valence-electron chi connectivity index (χ2n) is 5.75. The molecule has 1 fully saturated rings. The van der Waals surface area contributed by atoms with Crippen molar-refractivity contribution < 1.29 is 13.2 Å². The van der Waals surface area contributed by atoms with E-state index in [1.165, 1.54) is 15.6 Å². The van der Waals surface area contributed by atoms with Gasteiger partial charge in [-0.3, -0.25) is 4.79 Å². The minimum Gasteiger partial charge on any atom is -0.324 e. The molecule has 0 saturated carbocycles. The van der Waals surface area contributed by atoms with Gasteiger partial charge >= 0.3 is 0 Å². The number of benzene rings is 1. The van der Waals surface area contributed by atoms with Crippen LogP contribution in [-0.4, -0.2) is 31.7 Å². The molecule has 25 heavy (non-hydrogen) atoms. The molecule has 2 aromatic rings. The van der Waals surface area contributed by atoms with Gasteiger partial charge in [0.2, 0.25) is 5.91 Å². The first kappa shape index (κ1) is 18.7. The lowest BCUT2D eigenvalue weighted by Crippen LogP contribution is -2.43. The van der Waals surface area contributed by atoms with E-state index in [0.29, 0.717) is 39.3 Å². The third-order valence-corrected chi connectivity index (χ3v) is 7.82. The molecule has 134 valence electrons. The van der Waals surface area contributed by atoms with Crippen LogP contribution in [0.1, 0.15) is 12.8 Å². The van der Waals surface area contributed by atoms with Crippen LogP contribution in [0.15, 0.2) is 39.9 Å². The Morgan fingerprint density at radius 2 is 2.08 bits per heavy atom. The van der Waals surface area contributed by atoms with Gasteiger partial charge in [0.15, 0.2) is 0 Å². The molecule has 1 aromatic carbocycles. The van der Waals surface area contributed by atoms with Gasteiger partial charge in [-0.05, 0) is 42.5 Å². The molecule has 1 N–H and O–H groups in total. The number of piperidine rings is 1. The molecule has 0 spiro atoms. The highest BCUT2D eigenvalue weighted by Crippen LogP contribution is 2.29.